The van der Waals surface area contributed by atoms with Gasteiger partial charge in [0.2, 0.25) is 0 Å². The van der Waals surface area contributed by atoms with E-state index in [4.69, 9.17) is 50.8 Å². The fourth-order valence-electron chi connectivity index (χ4n) is 6.53. The predicted molar refractivity (Wildman–Crippen MR) is 121 cm³/mol. The van der Waals surface area contributed by atoms with Crippen LogP contribution in [0.15, 0.2) is 0 Å². The zero-order chi connectivity index (χ0) is 19.4. The summed E-state index contributed by atoms with van der Waals surface area (Å²) in [6, 6.07) is 1.22. The summed E-state index contributed by atoms with van der Waals surface area (Å²) in [6.45, 7) is 9.34. The second-order valence-corrected chi connectivity index (χ2v) is 26.7. The van der Waals surface area contributed by atoms with Crippen molar-refractivity contribution in [3.63, 3.8) is 0 Å². The van der Waals surface area contributed by atoms with Gasteiger partial charge < -0.3 is 4.43 Å². The Labute approximate surface area is 181 Å². The van der Waals surface area contributed by atoms with Gasteiger partial charge in [-0.2, -0.15) is 0 Å². The lowest BCUT2D eigenvalue weighted by Crippen LogP contribution is -2.75. The van der Waals surface area contributed by atoms with Gasteiger partial charge in [-0.15, -0.1) is 46.4 Å². The normalized spacial score (nSPS) is 41.5. The fourth-order valence-corrected chi connectivity index (χ4v) is 31.3. The molecule has 2 unspecified atom stereocenters. The third-order valence-corrected chi connectivity index (χ3v) is 28.4. The molecular formula is C19H34Cl4OSi2. The zero-order valence-corrected chi connectivity index (χ0v) is 21.7. The summed E-state index contributed by atoms with van der Waals surface area (Å²) in [6.07, 6.45) is 9.81. The SMILES string of the molecule is CC1(C)CC[Si](C2CCCCC2(Cl)Cl)(C2CCCCC2(Cl)Cl)[Si](C)(C)O1. The molecule has 0 amide bonds. The molecule has 2 atom stereocenters. The van der Waals surface area contributed by atoms with Crippen molar-refractivity contribution in [3.8, 4) is 0 Å². The highest BCUT2D eigenvalue weighted by atomic mass is 35.5. The molecule has 0 spiro atoms. The van der Waals surface area contributed by atoms with Gasteiger partial charge in [0.25, 0.3) is 0 Å². The fraction of sp³-hybridized carbons (Fsp3) is 1.00. The van der Waals surface area contributed by atoms with Crippen LogP contribution in [-0.4, -0.2) is 29.7 Å². The lowest BCUT2D eigenvalue weighted by molar-refractivity contribution is 0.0910. The van der Waals surface area contributed by atoms with Crippen molar-refractivity contribution in [2.24, 2.45) is 0 Å². The van der Waals surface area contributed by atoms with E-state index in [1.165, 1.54) is 18.9 Å². The van der Waals surface area contributed by atoms with Gasteiger partial charge >= 0.3 is 0 Å². The Hall–Kier alpha value is 1.55. The van der Waals surface area contributed by atoms with Crippen LogP contribution >= 0.6 is 46.4 Å². The lowest BCUT2D eigenvalue weighted by atomic mass is 9.98. The standard InChI is InChI=1S/C19H34Cl4OSi2/c1-17(2)13-14-26(25(3,4)24-17,15-9-5-7-11-18(15,20)21)16-10-6-8-12-19(16,22)23/h15-16H,5-14H2,1-4H3. The Balaban J connectivity index is 2.13. The number of hydrogen-bond acceptors (Lipinski definition) is 1. The van der Waals surface area contributed by atoms with Crippen LogP contribution in [0.1, 0.15) is 71.6 Å². The second-order valence-electron chi connectivity index (χ2n) is 10.0. The first kappa shape index (κ1) is 22.2. The highest BCUT2D eigenvalue weighted by molar-refractivity contribution is 7.41. The minimum absolute atomic E-state index is 0.0574. The van der Waals surface area contributed by atoms with E-state index in [9.17, 15) is 0 Å². The monoisotopic (exact) mass is 474 g/mol. The molecule has 0 aromatic heterocycles. The van der Waals surface area contributed by atoms with Crippen LogP contribution < -0.4 is 0 Å². The Morgan fingerprint density at radius 1 is 0.769 bits per heavy atom. The topological polar surface area (TPSA) is 9.23 Å². The lowest BCUT2D eigenvalue weighted by Gasteiger charge is -2.63. The third-order valence-electron chi connectivity index (χ3n) is 7.56. The molecular weight excluding hydrogens is 442 g/mol. The number of alkyl halides is 4. The van der Waals surface area contributed by atoms with Crippen LogP contribution in [0.2, 0.25) is 30.2 Å². The van der Waals surface area contributed by atoms with E-state index in [0.29, 0.717) is 11.1 Å². The summed E-state index contributed by atoms with van der Waals surface area (Å²) in [7, 11) is -4.14. The van der Waals surface area contributed by atoms with Gasteiger partial charge in [0.1, 0.15) is 8.67 Å². The van der Waals surface area contributed by atoms with Crippen molar-refractivity contribution in [2.75, 3.05) is 0 Å². The van der Waals surface area contributed by atoms with E-state index in [1.807, 2.05) is 0 Å². The summed E-state index contributed by atoms with van der Waals surface area (Å²) < 4.78 is 5.66. The maximum Gasteiger partial charge on any atom is 0.175 e. The smallest absolute Gasteiger partial charge is 0.175 e. The maximum absolute atomic E-state index is 7.05. The number of hydrogen-bond donors (Lipinski definition) is 0. The Kier molecular flexibility index (Phi) is 6.29. The zero-order valence-electron chi connectivity index (χ0n) is 16.6. The van der Waals surface area contributed by atoms with E-state index in [-0.39, 0.29) is 5.60 Å². The van der Waals surface area contributed by atoms with E-state index in [1.54, 1.807) is 0 Å². The van der Waals surface area contributed by atoms with Crippen molar-refractivity contribution in [2.45, 2.75) is 116 Å². The maximum atomic E-state index is 7.05. The van der Waals surface area contributed by atoms with Crippen molar-refractivity contribution in [3.05, 3.63) is 0 Å². The minimum atomic E-state index is -2.08. The first-order valence-corrected chi connectivity index (χ1v) is 18.1. The molecule has 152 valence electrons. The molecule has 0 aromatic rings. The quantitative estimate of drug-likeness (QED) is 0.289. The van der Waals surface area contributed by atoms with Crippen LogP contribution in [0, 0.1) is 0 Å². The molecule has 0 radical (unpaired) electrons. The van der Waals surface area contributed by atoms with Crippen LogP contribution in [-0.2, 0) is 4.43 Å². The number of halogens is 4. The summed E-state index contributed by atoms with van der Waals surface area (Å²) >= 11 is 28.2. The Morgan fingerprint density at radius 3 is 1.62 bits per heavy atom. The van der Waals surface area contributed by atoms with Crippen molar-refractivity contribution in [1.82, 2.24) is 0 Å². The van der Waals surface area contributed by atoms with E-state index < -0.39 is 24.1 Å². The van der Waals surface area contributed by atoms with Crippen LogP contribution in [0.3, 0.4) is 0 Å². The molecule has 1 aliphatic heterocycles. The van der Waals surface area contributed by atoms with Crippen molar-refractivity contribution >= 4 is 61.8 Å². The minimum Gasteiger partial charge on any atom is -0.415 e. The molecule has 26 heavy (non-hydrogen) atoms. The van der Waals surface area contributed by atoms with E-state index >= 15 is 0 Å². The molecule has 2 saturated carbocycles. The van der Waals surface area contributed by atoms with Gasteiger partial charge in [-0.3, -0.25) is 0 Å². The van der Waals surface area contributed by atoms with Crippen LogP contribution in [0.4, 0.5) is 0 Å². The highest BCUT2D eigenvalue weighted by Crippen LogP contribution is 2.66. The van der Waals surface area contributed by atoms with Gasteiger partial charge in [-0.1, -0.05) is 44.6 Å². The number of rotatable bonds is 2. The molecule has 2 aliphatic carbocycles. The molecule has 1 heterocycles. The molecule has 0 aromatic carbocycles. The summed E-state index contributed by atoms with van der Waals surface area (Å²) in [5.41, 5.74) is 0.646. The average molecular weight is 476 g/mol. The summed E-state index contributed by atoms with van der Waals surface area (Å²) in [5.74, 6) is 0. The van der Waals surface area contributed by atoms with Gasteiger partial charge in [0.15, 0.2) is 7.83 Å². The summed E-state index contributed by atoms with van der Waals surface area (Å²) in [5, 5.41) is 0. The molecule has 3 fully saturated rings. The van der Waals surface area contributed by atoms with Gasteiger partial charge in [0, 0.05) is 0 Å². The molecule has 1 nitrogen and oxygen atoms in total. The Morgan fingerprint density at radius 2 is 1.23 bits per heavy atom. The molecule has 7 heteroatoms. The van der Waals surface area contributed by atoms with Crippen molar-refractivity contribution < 1.29 is 4.43 Å². The molecule has 1 saturated heterocycles. The van der Waals surface area contributed by atoms with Crippen LogP contribution in [0.5, 0.6) is 0 Å². The average Bonchev–Trinajstić information content (AvgIpc) is 2.47. The summed E-state index contributed by atoms with van der Waals surface area (Å²) in [4.78, 5) is 0. The predicted octanol–water partition coefficient (Wildman–Crippen LogP) is 8.15. The highest BCUT2D eigenvalue weighted by Gasteiger charge is 2.69. The third kappa shape index (κ3) is 3.81. The van der Waals surface area contributed by atoms with Crippen molar-refractivity contribution in [1.29, 1.82) is 0 Å². The molecule has 0 N–H and O–H groups in total. The first-order valence-electron chi connectivity index (χ1n) is 10.3. The van der Waals surface area contributed by atoms with Gasteiger partial charge in [-0.05, 0) is 57.3 Å². The molecule has 3 aliphatic rings. The van der Waals surface area contributed by atoms with Crippen LogP contribution in [0.25, 0.3) is 0 Å². The van der Waals surface area contributed by atoms with Gasteiger partial charge in [-0.25, -0.2) is 0 Å². The molecule has 3 rings (SSSR count). The molecule has 0 bridgehead atoms. The second kappa shape index (κ2) is 7.36. The largest absolute Gasteiger partial charge is 0.415 e. The van der Waals surface area contributed by atoms with E-state index in [0.717, 1.165) is 44.9 Å². The Bertz CT molecular complexity index is 508. The first-order chi connectivity index (χ1) is 11.8. The van der Waals surface area contributed by atoms with E-state index in [2.05, 4.69) is 26.9 Å². The van der Waals surface area contributed by atoms with Gasteiger partial charge in [0.05, 0.1) is 13.2 Å².